The monoisotopic (exact) mass is 337 g/mol. The molecule has 132 valence electrons. The number of carbonyl (C=O) groups is 1. The number of rotatable bonds is 4. The van der Waals surface area contributed by atoms with Crippen molar-refractivity contribution in [1.82, 2.24) is 5.32 Å². The lowest BCUT2D eigenvalue weighted by Gasteiger charge is -2.14. The van der Waals surface area contributed by atoms with Crippen LogP contribution in [0.5, 0.6) is 0 Å². The van der Waals surface area contributed by atoms with Gasteiger partial charge in [-0.1, -0.05) is 50.8 Å². The van der Waals surface area contributed by atoms with Gasteiger partial charge in [0.05, 0.1) is 17.0 Å². The van der Waals surface area contributed by atoms with Crippen molar-refractivity contribution in [3.8, 4) is 0 Å². The lowest BCUT2D eigenvalue weighted by molar-refractivity contribution is 0.0964. The molecular formula is C21H27N3O. The van der Waals surface area contributed by atoms with E-state index in [4.69, 9.17) is 0 Å². The highest BCUT2D eigenvalue weighted by Crippen LogP contribution is 2.20. The second-order valence-corrected chi connectivity index (χ2v) is 5.34. The Balaban J connectivity index is 0.00000151. The number of allylic oxidation sites excluding steroid dienone is 6. The summed E-state index contributed by atoms with van der Waals surface area (Å²) < 4.78 is 0. The first-order chi connectivity index (χ1) is 12.0. The summed E-state index contributed by atoms with van der Waals surface area (Å²) in [4.78, 5) is 16.6. The number of nitrogens with one attached hydrogen (secondary N) is 2. The van der Waals surface area contributed by atoms with Gasteiger partial charge in [-0.2, -0.15) is 0 Å². The highest BCUT2D eigenvalue weighted by Gasteiger charge is 2.11. The minimum atomic E-state index is -0.140. The lowest BCUT2D eigenvalue weighted by Crippen LogP contribution is -2.19. The third kappa shape index (κ3) is 5.60. The molecule has 0 spiro atoms. The van der Waals surface area contributed by atoms with Gasteiger partial charge in [-0.3, -0.25) is 4.79 Å². The van der Waals surface area contributed by atoms with Crippen LogP contribution in [0, 0.1) is 0 Å². The average molecular weight is 337 g/mol. The largest absolute Gasteiger partial charge is 0.355 e. The first-order valence-electron chi connectivity index (χ1n) is 8.41. The van der Waals surface area contributed by atoms with Crippen LogP contribution < -0.4 is 10.6 Å². The van der Waals surface area contributed by atoms with Crippen LogP contribution in [0.2, 0.25) is 0 Å². The minimum Gasteiger partial charge on any atom is -0.355 e. The Morgan fingerprint density at radius 2 is 1.72 bits per heavy atom. The molecule has 0 radical (unpaired) electrons. The van der Waals surface area contributed by atoms with Gasteiger partial charge in [-0.25, -0.2) is 4.99 Å². The van der Waals surface area contributed by atoms with Crippen LogP contribution in [-0.2, 0) is 0 Å². The Kier molecular flexibility index (Phi) is 8.13. The highest BCUT2D eigenvalue weighted by atomic mass is 16.1. The summed E-state index contributed by atoms with van der Waals surface area (Å²) >= 11 is 0. The van der Waals surface area contributed by atoms with Crippen LogP contribution in [0.1, 0.15) is 38.1 Å². The van der Waals surface area contributed by atoms with Gasteiger partial charge in [-0.15, -0.1) is 0 Å². The fourth-order valence-corrected chi connectivity index (χ4v) is 2.06. The van der Waals surface area contributed by atoms with E-state index in [0.29, 0.717) is 17.1 Å². The predicted molar refractivity (Wildman–Crippen MR) is 108 cm³/mol. The van der Waals surface area contributed by atoms with Crippen molar-refractivity contribution in [2.24, 2.45) is 4.99 Å². The molecule has 1 aromatic carbocycles. The van der Waals surface area contributed by atoms with Crippen LogP contribution >= 0.6 is 0 Å². The summed E-state index contributed by atoms with van der Waals surface area (Å²) in [5.41, 5.74) is 3.96. The number of hydrogen-bond acceptors (Lipinski definition) is 3. The maximum absolute atomic E-state index is 12.0. The zero-order chi connectivity index (χ0) is 18.8. The van der Waals surface area contributed by atoms with Crippen molar-refractivity contribution >= 4 is 17.3 Å². The first kappa shape index (κ1) is 20.2. The van der Waals surface area contributed by atoms with Crippen LogP contribution in [0.25, 0.3) is 0 Å². The van der Waals surface area contributed by atoms with E-state index < -0.39 is 0 Å². The SMILES string of the molecule is C=C1C=CC=C/C1=N/C(Nc1ccccc1C(=O)NC)=C(C)C.CC. The molecule has 0 heterocycles. The molecule has 0 aromatic heterocycles. The Morgan fingerprint density at radius 1 is 1.08 bits per heavy atom. The number of anilines is 1. The zero-order valence-electron chi connectivity index (χ0n) is 15.7. The van der Waals surface area contributed by atoms with E-state index >= 15 is 0 Å². The molecule has 0 fully saturated rings. The zero-order valence-corrected chi connectivity index (χ0v) is 15.7. The summed E-state index contributed by atoms with van der Waals surface area (Å²) in [6, 6.07) is 7.35. The number of nitrogens with zero attached hydrogens (tertiary/aromatic N) is 1. The van der Waals surface area contributed by atoms with Gasteiger partial charge in [0, 0.05) is 7.05 Å². The Morgan fingerprint density at radius 3 is 2.32 bits per heavy atom. The molecule has 4 heteroatoms. The number of carbonyl (C=O) groups excluding carboxylic acids is 1. The van der Waals surface area contributed by atoms with Gasteiger partial charge in [-0.05, 0) is 43.2 Å². The van der Waals surface area contributed by atoms with E-state index in [-0.39, 0.29) is 5.91 Å². The molecule has 4 nitrogen and oxygen atoms in total. The van der Waals surface area contributed by atoms with Gasteiger partial charge < -0.3 is 10.6 Å². The van der Waals surface area contributed by atoms with Crippen LogP contribution in [0.3, 0.4) is 0 Å². The lowest BCUT2D eigenvalue weighted by atomic mass is 10.1. The Bertz CT molecular complexity index is 748. The molecule has 0 bridgehead atoms. The number of benzene rings is 1. The molecule has 0 saturated carbocycles. The van der Waals surface area contributed by atoms with Crippen molar-refractivity contribution in [3.05, 3.63) is 77.7 Å². The molecule has 0 atom stereocenters. The fraction of sp³-hybridized carbons (Fsp3) is 0.238. The quantitative estimate of drug-likeness (QED) is 0.824. The number of aliphatic imine (C=N–C) groups is 1. The number of para-hydroxylation sites is 1. The van der Waals surface area contributed by atoms with E-state index in [0.717, 1.165) is 16.9 Å². The maximum atomic E-state index is 12.0. The summed E-state index contributed by atoms with van der Waals surface area (Å²) in [6.07, 6.45) is 7.68. The molecular weight excluding hydrogens is 310 g/mol. The standard InChI is InChI=1S/C19H21N3O.C2H6/c1-13(2)18(21-16-11-7-5-9-14(16)3)22-17-12-8-6-10-15(17)19(23)20-4;1-2/h5-12,22H,3H2,1-2,4H3,(H,20,23);1-2H3/b21-16-;. The van der Waals surface area contributed by atoms with Gasteiger partial charge in [0.1, 0.15) is 5.82 Å². The minimum absolute atomic E-state index is 0.140. The van der Waals surface area contributed by atoms with Crippen LogP contribution in [-0.4, -0.2) is 18.7 Å². The van der Waals surface area contributed by atoms with Crippen molar-refractivity contribution in [2.75, 3.05) is 12.4 Å². The molecule has 2 N–H and O–H groups in total. The molecule has 0 saturated heterocycles. The van der Waals surface area contributed by atoms with Crippen LogP contribution in [0.15, 0.2) is 77.1 Å². The number of hydrogen-bond donors (Lipinski definition) is 2. The van der Waals surface area contributed by atoms with E-state index in [1.807, 2.05) is 70.2 Å². The van der Waals surface area contributed by atoms with E-state index in [2.05, 4.69) is 22.2 Å². The van der Waals surface area contributed by atoms with Gasteiger partial charge in [0.15, 0.2) is 0 Å². The molecule has 25 heavy (non-hydrogen) atoms. The van der Waals surface area contributed by atoms with Crippen molar-refractivity contribution < 1.29 is 4.79 Å². The highest BCUT2D eigenvalue weighted by molar-refractivity contribution is 6.11. The molecule has 1 aliphatic rings. The predicted octanol–water partition coefficient (Wildman–Crippen LogP) is 4.86. The fourth-order valence-electron chi connectivity index (χ4n) is 2.06. The van der Waals surface area contributed by atoms with E-state index in [1.165, 1.54) is 0 Å². The maximum Gasteiger partial charge on any atom is 0.253 e. The van der Waals surface area contributed by atoms with Crippen molar-refractivity contribution in [1.29, 1.82) is 0 Å². The second-order valence-electron chi connectivity index (χ2n) is 5.34. The summed E-state index contributed by atoms with van der Waals surface area (Å²) in [5.74, 6) is 0.566. The molecule has 0 unspecified atom stereocenters. The average Bonchev–Trinajstić information content (AvgIpc) is 2.64. The summed E-state index contributed by atoms with van der Waals surface area (Å²) in [7, 11) is 1.62. The van der Waals surface area contributed by atoms with E-state index in [1.54, 1.807) is 13.1 Å². The number of amides is 1. The van der Waals surface area contributed by atoms with Gasteiger partial charge in [0.2, 0.25) is 0 Å². The van der Waals surface area contributed by atoms with E-state index in [9.17, 15) is 4.79 Å². The third-order valence-electron chi connectivity index (χ3n) is 3.35. The normalized spacial score (nSPS) is 13.8. The Labute approximate surface area is 150 Å². The van der Waals surface area contributed by atoms with Gasteiger partial charge >= 0.3 is 0 Å². The Hall–Kier alpha value is -2.88. The third-order valence-corrected chi connectivity index (χ3v) is 3.35. The molecule has 1 amide bonds. The molecule has 2 rings (SSSR count). The smallest absolute Gasteiger partial charge is 0.253 e. The summed E-state index contributed by atoms with van der Waals surface area (Å²) in [5, 5.41) is 5.91. The molecule has 0 aliphatic heterocycles. The summed E-state index contributed by atoms with van der Waals surface area (Å²) in [6.45, 7) is 11.9. The van der Waals surface area contributed by atoms with Crippen molar-refractivity contribution in [2.45, 2.75) is 27.7 Å². The molecule has 1 aliphatic carbocycles. The second kappa shape index (κ2) is 10.1. The first-order valence-corrected chi connectivity index (χ1v) is 8.41. The topological polar surface area (TPSA) is 53.5 Å². The van der Waals surface area contributed by atoms with Crippen LogP contribution in [0.4, 0.5) is 5.69 Å². The van der Waals surface area contributed by atoms with Gasteiger partial charge in [0.25, 0.3) is 5.91 Å². The van der Waals surface area contributed by atoms with Crippen molar-refractivity contribution in [3.63, 3.8) is 0 Å². The molecule has 1 aromatic rings.